The second kappa shape index (κ2) is 11.6. The van der Waals surface area contributed by atoms with E-state index in [0.29, 0.717) is 29.5 Å². The van der Waals surface area contributed by atoms with E-state index < -0.39 is 6.10 Å². The summed E-state index contributed by atoms with van der Waals surface area (Å²) in [7, 11) is 3.96. The van der Waals surface area contributed by atoms with Crippen LogP contribution < -0.4 is 19.5 Å². The van der Waals surface area contributed by atoms with Gasteiger partial charge in [0.1, 0.15) is 19.0 Å². The standard InChI is InChI=1S/C22H24N4O4.2ClH/c1-26(2)9-10-28-20-11-15(16-12-23-24-13-16)7-8-17(20)25-22(27)21-14-29-18-5-3-4-6-19(18)30-21;;/h3-8,11-13,21H,9-10,14H2,1-2H3,(H,23,24)(H,25,27);2*1H. The van der Waals surface area contributed by atoms with Crippen LogP contribution in [0, 0.1) is 0 Å². The summed E-state index contributed by atoms with van der Waals surface area (Å²) in [6.07, 6.45) is 2.80. The van der Waals surface area contributed by atoms with Gasteiger partial charge in [-0.3, -0.25) is 9.89 Å². The highest BCUT2D eigenvalue weighted by molar-refractivity contribution is 5.96. The summed E-state index contributed by atoms with van der Waals surface area (Å²) >= 11 is 0. The fraction of sp³-hybridized carbons (Fsp3) is 0.273. The van der Waals surface area contributed by atoms with Gasteiger partial charge in [-0.2, -0.15) is 5.10 Å². The molecule has 0 spiro atoms. The van der Waals surface area contributed by atoms with Crippen LogP contribution in [0.4, 0.5) is 5.69 Å². The van der Waals surface area contributed by atoms with E-state index in [1.165, 1.54) is 0 Å². The lowest BCUT2D eigenvalue weighted by molar-refractivity contribution is -0.125. The molecular weight excluding hydrogens is 455 g/mol. The Kier molecular flexibility index (Phi) is 9.19. The maximum absolute atomic E-state index is 12.8. The van der Waals surface area contributed by atoms with Gasteiger partial charge >= 0.3 is 0 Å². The van der Waals surface area contributed by atoms with Crippen LogP contribution in [-0.4, -0.2) is 61.0 Å². The number of aromatic nitrogens is 2. The number of carbonyl (C=O) groups excluding carboxylic acids is 1. The lowest BCUT2D eigenvalue weighted by Crippen LogP contribution is -2.40. The smallest absolute Gasteiger partial charge is 0.269 e. The second-order valence-corrected chi connectivity index (χ2v) is 7.20. The first kappa shape index (κ1) is 25.3. The molecule has 4 rings (SSSR count). The number of halogens is 2. The summed E-state index contributed by atoms with van der Waals surface area (Å²) in [4.78, 5) is 14.9. The van der Waals surface area contributed by atoms with Crippen LogP contribution in [0.15, 0.2) is 54.9 Å². The van der Waals surface area contributed by atoms with E-state index >= 15 is 0 Å². The number of aromatic amines is 1. The lowest BCUT2D eigenvalue weighted by Gasteiger charge is -2.26. The molecule has 3 aromatic rings. The first-order chi connectivity index (χ1) is 14.6. The van der Waals surface area contributed by atoms with Crippen LogP contribution in [-0.2, 0) is 4.79 Å². The molecule has 1 unspecified atom stereocenters. The molecule has 1 aromatic heterocycles. The molecule has 0 radical (unpaired) electrons. The van der Waals surface area contributed by atoms with Gasteiger partial charge in [0.25, 0.3) is 5.91 Å². The Bertz CT molecular complexity index is 1010. The van der Waals surface area contributed by atoms with Crippen molar-refractivity contribution in [3.63, 3.8) is 0 Å². The maximum Gasteiger partial charge on any atom is 0.269 e. The Morgan fingerprint density at radius 3 is 2.69 bits per heavy atom. The molecule has 0 fully saturated rings. The number of para-hydroxylation sites is 2. The number of hydrogen-bond acceptors (Lipinski definition) is 6. The molecule has 2 heterocycles. The van der Waals surface area contributed by atoms with Gasteiger partial charge in [-0.05, 0) is 43.9 Å². The molecule has 32 heavy (non-hydrogen) atoms. The summed E-state index contributed by atoms with van der Waals surface area (Å²) in [6.45, 7) is 1.38. The highest BCUT2D eigenvalue weighted by Gasteiger charge is 2.28. The number of amides is 1. The molecule has 10 heteroatoms. The maximum atomic E-state index is 12.8. The summed E-state index contributed by atoms with van der Waals surface area (Å²) in [6, 6.07) is 12.9. The van der Waals surface area contributed by atoms with Crippen molar-refractivity contribution < 1.29 is 19.0 Å². The van der Waals surface area contributed by atoms with E-state index in [1.54, 1.807) is 12.3 Å². The normalized spacial score (nSPS) is 14.2. The van der Waals surface area contributed by atoms with E-state index in [0.717, 1.165) is 17.7 Å². The predicted molar refractivity (Wildman–Crippen MR) is 128 cm³/mol. The van der Waals surface area contributed by atoms with Gasteiger partial charge in [0.15, 0.2) is 11.5 Å². The zero-order chi connectivity index (χ0) is 20.9. The van der Waals surface area contributed by atoms with Crippen LogP contribution in [0.25, 0.3) is 11.1 Å². The molecule has 8 nitrogen and oxygen atoms in total. The van der Waals surface area contributed by atoms with Crippen molar-refractivity contribution >= 4 is 36.4 Å². The van der Waals surface area contributed by atoms with Crippen molar-refractivity contribution in [3.8, 4) is 28.4 Å². The van der Waals surface area contributed by atoms with Gasteiger partial charge in [0.2, 0.25) is 6.10 Å². The fourth-order valence-corrected chi connectivity index (χ4v) is 3.03. The van der Waals surface area contributed by atoms with E-state index in [4.69, 9.17) is 14.2 Å². The first-order valence-corrected chi connectivity index (χ1v) is 9.70. The SMILES string of the molecule is CN(C)CCOc1cc(-c2cn[nH]c2)ccc1NC(=O)C1COc2ccccc2O1.Cl.Cl. The van der Waals surface area contributed by atoms with Gasteiger partial charge in [-0.15, -0.1) is 24.8 Å². The molecule has 1 aliphatic heterocycles. The van der Waals surface area contributed by atoms with Crippen LogP contribution >= 0.6 is 24.8 Å². The van der Waals surface area contributed by atoms with E-state index in [9.17, 15) is 4.79 Å². The van der Waals surface area contributed by atoms with E-state index in [1.807, 2.05) is 61.6 Å². The van der Waals surface area contributed by atoms with Crippen LogP contribution in [0.1, 0.15) is 0 Å². The van der Waals surface area contributed by atoms with Crippen molar-refractivity contribution in [2.75, 3.05) is 39.2 Å². The fourth-order valence-electron chi connectivity index (χ4n) is 3.03. The number of anilines is 1. The Labute approximate surface area is 199 Å². The van der Waals surface area contributed by atoms with Gasteiger partial charge in [-0.25, -0.2) is 0 Å². The minimum Gasteiger partial charge on any atom is -0.490 e. The first-order valence-electron chi connectivity index (χ1n) is 9.70. The summed E-state index contributed by atoms with van der Waals surface area (Å²) in [5.41, 5.74) is 2.45. The molecule has 0 saturated carbocycles. The number of ether oxygens (including phenoxy) is 3. The summed E-state index contributed by atoms with van der Waals surface area (Å²) in [5.74, 6) is 1.49. The quantitative estimate of drug-likeness (QED) is 0.536. The van der Waals surface area contributed by atoms with Crippen molar-refractivity contribution in [2.45, 2.75) is 6.10 Å². The third-order valence-electron chi connectivity index (χ3n) is 4.67. The highest BCUT2D eigenvalue weighted by Crippen LogP contribution is 2.33. The number of rotatable bonds is 7. The van der Waals surface area contributed by atoms with E-state index in [2.05, 4.69) is 15.5 Å². The third kappa shape index (κ3) is 6.06. The average molecular weight is 481 g/mol. The molecule has 1 atom stereocenters. The van der Waals surface area contributed by atoms with Crippen molar-refractivity contribution in [2.24, 2.45) is 0 Å². The van der Waals surface area contributed by atoms with Gasteiger partial charge in [-0.1, -0.05) is 18.2 Å². The largest absolute Gasteiger partial charge is 0.490 e. The molecule has 1 amide bonds. The molecule has 0 bridgehead atoms. The Morgan fingerprint density at radius 2 is 1.97 bits per heavy atom. The van der Waals surface area contributed by atoms with Gasteiger partial charge < -0.3 is 24.4 Å². The van der Waals surface area contributed by atoms with E-state index in [-0.39, 0.29) is 37.3 Å². The van der Waals surface area contributed by atoms with Crippen LogP contribution in [0.3, 0.4) is 0 Å². The number of carbonyl (C=O) groups is 1. The monoisotopic (exact) mass is 480 g/mol. The zero-order valence-electron chi connectivity index (χ0n) is 17.7. The second-order valence-electron chi connectivity index (χ2n) is 7.20. The van der Waals surface area contributed by atoms with Crippen molar-refractivity contribution in [1.82, 2.24) is 15.1 Å². The molecule has 2 N–H and O–H groups in total. The van der Waals surface area contributed by atoms with Crippen LogP contribution in [0.5, 0.6) is 17.2 Å². The molecule has 0 saturated heterocycles. The minimum absolute atomic E-state index is 0. The highest BCUT2D eigenvalue weighted by atomic mass is 35.5. The number of H-pyrrole nitrogens is 1. The van der Waals surface area contributed by atoms with Crippen LogP contribution in [0.2, 0.25) is 0 Å². The Morgan fingerprint density at radius 1 is 1.19 bits per heavy atom. The average Bonchev–Trinajstić information content (AvgIpc) is 3.29. The van der Waals surface area contributed by atoms with Crippen molar-refractivity contribution in [3.05, 3.63) is 54.9 Å². The topological polar surface area (TPSA) is 88.7 Å². The lowest BCUT2D eigenvalue weighted by atomic mass is 10.1. The molecule has 2 aromatic carbocycles. The molecule has 0 aliphatic carbocycles. The van der Waals surface area contributed by atoms with Crippen molar-refractivity contribution in [1.29, 1.82) is 0 Å². The minimum atomic E-state index is -0.747. The number of nitrogens with zero attached hydrogens (tertiary/aromatic N) is 2. The van der Waals surface area contributed by atoms with Gasteiger partial charge in [0.05, 0.1) is 11.9 Å². The number of hydrogen-bond donors (Lipinski definition) is 2. The number of nitrogens with one attached hydrogen (secondary N) is 2. The third-order valence-corrected chi connectivity index (χ3v) is 4.67. The predicted octanol–water partition coefficient (Wildman–Crippen LogP) is 3.64. The molecule has 172 valence electrons. The number of fused-ring (bicyclic) bond motifs is 1. The Hall–Kier alpha value is -2.94. The van der Waals surface area contributed by atoms with Gasteiger partial charge in [0, 0.05) is 18.3 Å². The zero-order valence-corrected chi connectivity index (χ0v) is 19.4. The number of likely N-dealkylation sites (N-methyl/N-ethyl adjacent to an activating group) is 1. The summed E-state index contributed by atoms with van der Waals surface area (Å²) < 4.78 is 17.4. The number of benzene rings is 2. The molecule has 1 aliphatic rings. The summed E-state index contributed by atoms with van der Waals surface area (Å²) in [5, 5.41) is 9.71. The Balaban J connectivity index is 0.00000181. The molecular formula is C22H26Cl2N4O4.